The van der Waals surface area contributed by atoms with Crippen LogP contribution >= 0.6 is 8.30 Å². The monoisotopic (exact) mass is 553 g/mol. The van der Waals surface area contributed by atoms with E-state index in [0.29, 0.717) is 13.0 Å². The summed E-state index contributed by atoms with van der Waals surface area (Å²) >= 11 is 0. The normalized spacial score (nSPS) is 15.8. The Morgan fingerprint density at radius 1 is 1.10 bits per heavy atom. The first-order valence-corrected chi connectivity index (χ1v) is 15.9. The summed E-state index contributed by atoms with van der Waals surface area (Å²) in [6.07, 6.45) is 11.1. The summed E-state index contributed by atoms with van der Waals surface area (Å²) < 4.78 is 12.1. The predicted molar refractivity (Wildman–Crippen MR) is 160 cm³/mol. The summed E-state index contributed by atoms with van der Waals surface area (Å²) in [6, 6.07) is 15.4. The van der Waals surface area contributed by atoms with Crippen molar-refractivity contribution in [2.75, 3.05) is 32.5 Å². The summed E-state index contributed by atoms with van der Waals surface area (Å²) in [5.74, 6) is 0.853. The Morgan fingerprint density at radius 3 is 2.67 bits per heavy atom. The quantitative estimate of drug-likeness (QED) is 0.116. The third kappa shape index (κ3) is 9.61. The van der Waals surface area contributed by atoms with E-state index < -0.39 is 20.3 Å². The van der Waals surface area contributed by atoms with Crippen LogP contribution < -0.4 is 15.1 Å². The maximum atomic E-state index is 12.1. The lowest BCUT2D eigenvalue weighted by Gasteiger charge is -2.23. The zero-order chi connectivity index (χ0) is 27.3. The first-order chi connectivity index (χ1) is 19.1. The lowest BCUT2D eigenvalue weighted by Crippen LogP contribution is -2.36. The lowest BCUT2D eigenvalue weighted by atomic mass is 9.93. The summed E-state index contributed by atoms with van der Waals surface area (Å²) in [7, 11) is -1.05. The van der Waals surface area contributed by atoms with Crippen LogP contribution in [0.2, 0.25) is 0 Å². The number of nitrogens with one attached hydrogen (secondary N) is 3. The molecule has 4 rings (SSSR count). The number of hydrogen-bond acceptors (Lipinski definition) is 5. The minimum Gasteiger partial charge on any atom is -0.494 e. The van der Waals surface area contributed by atoms with Crippen molar-refractivity contribution in [3.63, 3.8) is 0 Å². The second kappa shape index (κ2) is 16.0. The Kier molecular flexibility index (Phi) is 12.1. The highest BCUT2D eigenvalue weighted by molar-refractivity contribution is 7.50. The first kappa shape index (κ1) is 29.5. The summed E-state index contributed by atoms with van der Waals surface area (Å²) in [5.41, 5.74) is 3.31. The predicted octanol–water partition coefficient (Wildman–Crippen LogP) is 6.28. The average molecular weight is 554 g/mol. The number of aliphatic carboxylic acids is 1. The number of ether oxygens (including phenoxy) is 1. The maximum absolute atomic E-state index is 12.1. The van der Waals surface area contributed by atoms with Gasteiger partial charge in [0.2, 0.25) is 0 Å². The molecule has 1 saturated heterocycles. The smallest absolute Gasteiger partial charge is 0.321 e. The van der Waals surface area contributed by atoms with E-state index in [-0.39, 0.29) is 0 Å². The van der Waals surface area contributed by atoms with Crippen molar-refractivity contribution in [1.82, 2.24) is 15.4 Å². The molecule has 2 atom stereocenters. The summed E-state index contributed by atoms with van der Waals surface area (Å²) in [5, 5.41) is 17.9. The van der Waals surface area contributed by atoms with Gasteiger partial charge in [-0.05, 0) is 93.3 Å². The van der Waals surface area contributed by atoms with Gasteiger partial charge in [-0.25, -0.2) is 0 Å². The molecule has 4 N–H and O–H groups in total. The molecule has 0 aliphatic carbocycles. The minimum absolute atomic E-state index is 0.403. The number of H-pyrrole nitrogens is 1. The molecule has 0 saturated carbocycles. The fourth-order valence-electron chi connectivity index (χ4n) is 5.19. The highest BCUT2D eigenvalue weighted by Crippen LogP contribution is 2.34. The maximum Gasteiger partial charge on any atom is 0.321 e. The fraction of sp³-hybridized carbons (Fsp3) is 0.516. The summed E-state index contributed by atoms with van der Waals surface area (Å²) in [4.78, 5) is 15.4. The first-order valence-electron chi connectivity index (χ1n) is 14.5. The van der Waals surface area contributed by atoms with Crippen LogP contribution in [0.25, 0.3) is 10.9 Å². The molecular weight excluding hydrogens is 509 g/mol. The van der Waals surface area contributed by atoms with Crippen molar-refractivity contribution in [3.8, 4) is 5.75 Å². The fourth-order valence-corrected chi connectivity index (χ4v) is 6.79. The molecule has 39 heavy (non-hydrogen) atoms. The number of hydrogen-bond donors (Lipinski definition) is 4. The minimum atomic E-state index is -1.05. The van der Waals surface area contributed by atoms with E-state index in [1.54, 1.807) is 0 Å². The van der Waals surface area contributed by atoms with Gasteiger partial charge in [0.05, 0.1) is 13.2 Å². The van der Waals surface area contributed by atoms with Crippen LogP contribution in [0.3, 0.4) is 0 Å². The zero-order valence-electron chi connectivity index (χ0n) is 23.2. The molecule has 1 aromatic heterocycles. The number of carboxylic acid groups (broad SMARTS) is 1. The van der Waals surface area contributed by atoms with Gasteiger partial charge >= 0.3 is 5.97 Å². The molecule has 0 spiro atoms. The van der Waals surface area contributed by atoms with Crippen LogP contribution in [0.5, 0.6) is 5.75 Å². The third-order valence-corrected chi connectivity index (χ3v) is 9.36. The van der Waals surface area contributed by atoms with E-state index in [1.165, 1.54) is 36.6 Å². The van der Waals surface area contributed by atoms with Crippen molar-refractivity contribution < 1.29 is 19.2 Å². The van der Waals surface area contributed by atoms with E-state index in [4.69, 9.17) is 9.26 Å². The van der Waals surface area contributed by atoms with Gasteiger partial charge in [-0.1, -0.05) is 43.7 Å². The molecule has 2 aromatic carbocycles. The van der Waals surface area contributed by atoms with Crippen LogP contribution in [0, 0.1) is 5.92 Å². The van der Waals surface area contributed by atoms with E-state index in [1.807, 2.05) is 42.6 Å². The van der Waals surface area contributed by atoms with Crippen molar-refractivity contribution in [3.05, 3.63) is 65.9 Å². The molecule has 8 heteroatoms. The number of aromatic amines is 1. The Hall–Kier alpha value is -2.44. The third-order valence-electron chi connectivity index (χ3n) is 7.42. The SMILES string of the molecule is CCCP(NC(Cc1ccc(OCCCCC2CCNCC2)cc1)C(=O)O)OCCc1c[nH]c2ccccc12. The molecule has 7 nitrogen and oxygen atoms in total. The van der Waals surface area contributed by atoms with Crippen molar-refractivity contribution in [2.24, 2.45) is 5.92 Å². The van der Waals surface area contributed by atoms with Crippen molar-refractivity contribution in [2.45, 2.75) is 64.3 Å². The van der Waals surface area contributed by atoms with Gasteiger partial charge in [-0.3, -0.25) is 9.88 Å². The Morgan fingerprint density at radius 2 is 1.90 bits per heavy atom. The van der Waals surface area contributed by atoms with E-state index in [2.05, 4.69) is 34.4 Å². The second-order valence-electron chi connectivity index (χ2n) is 10.5. The van der Waals surface area contributed by atoms with Crippen molar-refractivity contribution >= 4 is 25.2 Å². The van der Waals surface area contributed by atoms with Gasteiger partial charge in [0.25, 0.3) is 0 Å². The Balaban J connectivity index is 1.20. The molecule has 0 amide bonds. The molecule has 3 aromatic rings. The number of rotatable bonds is 17. The number of fused-ring (bicyclic) bond motifs is 1. The highest BCUT2D eigenvalue weighted by atomic mass is 31.2. The molecular formula is C31H44N3O4P. The van der Waals surface area contributed by atoms with E-state index in [9.17, 15) is 9.90 Å². The Labute approximate surface area is 234 Å². The number of unbranched alkanes of at least 4 members (excludes halogenated alkanes) is 1. The number of carbonyl (C=O) groups is 1. The van der Waals surface area contributed by atoms with Gasteiger partial charge in [0.1, 0.15) is 20.1 Å². The van der Waals surface area contributed by atoms with Crippen LogP contribution in [-0.2, 0) is 22.2 Å². The number of carboxylic acids is 1. The van der Waals surface area contributed by atoms with Gasteiger partial charge < -0.3 is 24.7 Å². The molecule has 0 bridgehead atoms. The number of aromatic nitrogens is 1. The molecule has 1 aliphatic heterocycles. The number of benzene rings is 2. The molecule has 1 fully saturated rings. The lowest BCUT2D eigenvalue weighted by molar-refractivity contribution is -0.138. The Bertz CT molecular complexity index is 1130. The van der Waals surface area contributed by atoms with Crippen LogP contribution in [0.1, 0.15) is 56.6 Å². The van der Waals surface area contributed by atoms with Gasteiger partial charge in [0.15, 0.2) is 0 Å². The topological polar surface area (TPSA) is 95.6 Å². The average Bonchev–Trinajstić information content (AvgIpc) is 3.37. The van der Waals surface area contributed by atoms with Gasteiger partial charge in [0, 0.05) is 23.3 Å². The largest absolute Gasteiger partial charge is 0.494 e. The van der Waals surface area contributed by atoms with Crippen LogP contribution in [-0.4, -0.2) is 54.6 Å². The molecule has 2 heterocycles. The highest BCUT2D eigenvalue weighted by Gasteiger charge is 2.23. The zero-order valence-corrected chi connectivity index (χ0v) is 24.1. The van der Waals surface area contributed by atoms with Gasteiger partial charge in [-0.2, -0.15) is 0 Å². The molecule has 0 radical (unpaired) electrons. The van der Waals surface area contributed by atoms with E-state index in [0.717, 1.165) is 67.9 Å². The second-order valence-corrected chi connectivity index (χ2v) is 12.2. The molecule has 2 unspecified atom stereocenters. The number of piperidine rings is 1. The van der Waals surface area contributed by atoms with Crippen LogP contribution in [0.4, 0.5) is 0 Å². The summed E-state index contributed by atoms with van der Waals surface area (Å²) in [6.45, 7) is 5.69. The molecule has 212 valence electrons. The van der Waals surface area contributed by atoms with Crippen LogP contribution in [0.15, 0.2) is 54.7 Å². The standard InChI is InChI=1S/C31H44N3O4P/c1-2-21-39(38-20-16-26-23-33-29-9-4-3-8-28(26)29)34-30(31(35)36)22-25-10-12-27(13-11-25)37-19-6-5-7-24-14-17-32-18-15-24/h3-4,8-13,23-24,30,32-34H,2,5-7,14-22H2,1H3,(H,35,36). The molecule has 1 aliphatic rings. The van der Waals surface area contributed by atoms with E-state index >= 15 is 0 Å². The van der Waals surface area contributed by atoms with Crippen molar-refractivity contribution in [1.29, 1.82) is 0 Å². The number of para-hydroxylation sites is 1. The van der Waals surface area contributed by atoms with Gasteiger partial charge in [-0.15, -0.1) is 0 Å².